The van der Waals surface area contributed by atoms with E-state index in [1.807, 2.05) is 18.7 Å². The van der Waals surface area contributed by atoms with E-state index in [-0.39, 0.29) is 58.4 Å². The fraction of sp³-hybridized carbons (Fsp3) is 0.727. The quantitative estimate of drug-likeness (QED) is 0.460. The van der Waals surface area contributed by atoms with Gasteiger partial charge in [-0.2, -0.15) is 0 Å². The highest BCUT2D eigenvalue weighted by Crippen LogP contribution is 2.53. The molecule has 0 aromatic heterocycles. The molecule has 3 N–H and O–H groups in total. The molecule has 10 heteroatoms. The summed E-state index contributed by atoms with van der Waals surface area (Å²) in [5, 5.41) is 16.5. The predicted molar refractivity (Wildman–Crippen MR) is 120 cm³/mol. The van der Waals surface area contributed by atoms with Gasteiger partial charge in [0.2, 0.25) is 11.8 Å². The SMILES string of the molecule is CC(=O)C[C@H](C)[C@H]1C(=O)N2C(C(=O)O)=C(SC3CNC(C(=O)N4CCNCC4)C3)[C@H](C)[C@@H]12. The van der Waals surface area contributed by atoms with Crippen molar-refractivity contribution in [2.24, 2.45) is 17.8 Å². The van der Waals surface area contributed by atoms with Gasteiger partial charge >= 0.3 is 5.97 Å². The Bertz CT molecular complexity index is 855. The van der Waals surface area contributed by atoms with Crippen LogP contribution in [0, 0.1) is 17.8 Å². The normalized spacial score (nSPS) is 33.2. The number of carbonyl (C=O) groups is 4. The van der Waals surface area contributed by atoms with E-state index in [2.05, 4.69) is 10.6 Å². The van der Waals surface area contributed by atoms with E-state index in [0.29, 0.717) is 32.5 Å². The minimum atomic E-state index is -1.09. The van der Waals surface area contributed by atoms with Crippen molar-refractivity contribution in [1.82, 2.24) is 20.4 Å². The fourth-order valence-corrected chi connectivity index (χ4v) is 7.09. The molecule has 0 aliphatic carbocycles. The van der Waals surface area contributed by atoms with Crippen LogP contribution in [0.25, 0.3) is 0 Å². The molecule has 9 nitrogen and oxygen atoms in total. The van der Waals surface area contributed by atoms with E-state index in [1.54, 1.807) is 0 Å². The molecule has 0 spiro atoms. The number of hydrogen-bond donors (Lipinski definition) is 3. The summed E-state index contributed by atoms with van der Waals surface area (Å²) in [6.07, 6.45) is 0.958. The number of aliphatic carboxylic acids is 1. The Kier molecular flexibility index (Phi) is 6.65. The van der Waals surface area contributed by atoms with Crippen LogP contribution < -0.4 is 10.6 Å². The standard InChI is InChI=1S/C22H32N4O5S/c1-11(8-12(2)27)16-17-13(3)19(18(22(30)31)26(17)21(16)29)32-14-9-15(24-10-14)20(28)25-6-4-23-5-7-25/h11,13-17,23-24H,4-10H2,1-3H3,(H,30,31)/t11-,13+,14?,15?,16+,17-/m0/s1. The van der Waals surface area contributed by atoms with E-state index in [0.717, 1.165) is 18.0 Å². The van der Waals surface area contributed by atoms with Gasteiger partial charge in [-0.1, -0.05) is 13.8 Å². The number of nitrogens with one attached hydrogen (secondary N) is 2. The number of fused-ring (bicyclic) bond motifs is 1. The zero-order valence-corrected chi connectivity index (χ0v) is 19.6. The number of thioether (sulfide) groups is 1. The summed E-state index contributed by atoms with van der Waals surface area (Å²) >= 11 is 1.50. The third-order valence-electron chi connectivity index (χ3n) is 7.12. The third kappa shape index (κ3) is 4.08. The third-order valence-corrected chi connectivity index (χ3v) is 8.64. The second-order valence-corrected chi connectivity index (χ2v) is 10.8. The summed E-state index contributed by atoms with van der Waals surface area (Å²) in [5.74, 6) is -1.69. The molecule has 0 aromatic carbocycles. The molecule has 176 valence electrons. The van der Waals surface area contributed by atoms with Gasteiger partial charge in [0.25, 0.3) is 0 Å². The van der Waals surface area contributed by atoms with Crippen LogP contribution in [0.4, 0.5) is 0 Å². The van der Waals surface area contributed by atoms with Gasteiger partial charge in [0.1, 0.15) is 11.5 Å². The van der Waals surface area contributed by atoms with Gasteiger partial charge in [-0.05, 0) is 19.3 Å². The number of rotatable bonds is 7. The van der Waals surface area contributed by atoms with Gasteiger partial charge < -0.3 is 30.3 Å². The summed E-state index contributed by atoms with van der Waals surface area (Å²) in [6, 6.07) is -0.462. The van der Waals surface area contributed by atoms with Crippen LogP contribution in [0.3, 0.4) is 0 Å². The Balaban J connectivity index is 1.45. The highest BCUT2D eigenvalue weighted by Gasteiger charge is 2.60. The molecule has 6 atom stereocenters. The van der Waals surface area contributed by atoms with Crippen molar-refractivity contribution in [3.05, 3.63) is 10.6 Å². The van der Waals surface area contributed by atoms with Crippen LogP contribution in [0.15, 0.2) is 10.6 Å². The largest absolute Gasteiger partial charge is 0.477 e. The van der Waals surface area contributed by atoms with Crippen LogP contribution in [0.1, 0.15) is 33.6 Å². The summed E-state index contributed by atoms with van der Waals surface area (Å²) in [6.45, 7) is 9.03. The smallest absolute Gasteiger partial charge is 0.353 e. The summed E-state index contributed by atoms with van der Waals surface area (Å²) in [7, 11) is 0. The summed E-state index contributed by atoms with van der Waals surface area (Å²) in [4.78, 5) is 53.4. The number of piperazine rings is 1. The monoisotopic (exact) mass is 464 g/mol. The van der Waals surface area contributed by atoms with E-state index < -0.39 is 5.97 Å². The fourth-order valence-electron chi connectivity index (χ4n) is 5.61. The molecular weight excluding hydrogens is 432 g/mol. The Morgan fingerprint density at radius 2 is 1.94 bits per heavy atom. The predicted octanol–water partition coefficient (Wildman–Crippen LogP) is 0.270. The second kappa shape index (κ2) is 9.15. The Labute approximate surface area is 192 Å². The van der Waals surface area contributed by atoms with Crippen molar-refractivity contribution >= 4 is 35.3 Å². The molecule has 0 saturated carbocycles. The molecule has 2 unspecified atom stereocenters. The highest BCUT2D eigenvalue weighted by molar-refractivity contribution is 8.03. The first kappa shape index (κ1) is 23.3. The number of carboxylic acid groups (broad SMARTS) is 1. The number of carbonyl (C=O) groups excluding carboxylic acids is 3. The zero-order valence-electron chi connectivity index (χ0n) is 18.8. The number of Topliss-reactive ketones (excluding diaryl/α,β-unsaturated/α-hetero) is 1. The van der Waals surface area contributed by atoms with E-state index in [9.17, 15) is 24.3 Å². The van der Waals surface area contributed by atoms with Crippen molar-refractivity contribution in [2.45, 2.75) is 50.9 Å². The number of carboxylic acids is 1. The molecule has 0 bridgehead atoms. The van der Waals surface area contributed by atoms with Crippen molar-refractivity contribution in [3.63, 3.8) is 0 Å². The number of nitrogens with zero attached hydrogens (tertiary/aromatic N) is 2. The molecule has 2 amide bonds. The van der Waals surface area contributed by atoms with Gasteiger partial charge in [-0.3, -0.25) is 9.59 Å². The van der Waals surface area contributed by atoms with Gasteiger partial charge in [-0.15, -0.1) is 11.8 Å². The van der Waals surface area contributed by atoms with Gasteiger partial charge in [0, 0.05) is 55.2 Å². The number of amides is 2. The first-order valence-corrected chi connectivity index (χ1v) is 12.3. The first-order valence-electron chi connectivity index (χ1n) is 11.4. The molecule has 3 fully saturated rings. The minimum Gasteiger partial charge on any atom is -0.477 e. The lowest BCUT2D eigenvalue weighted by Crippen LogP contribution is -2.62. The van der Waals surface area contributed by atoms with Crippen molar-refractivity contribution in [1.29, 1.82) is 0 Å². The Morgan fingerprint density at radius 3 is 2.56 bits per heavy atom. The van der Waals surface area contributed by atoms with Crippen LogP contribution in [-0.2, 0) is 19.2 Å². The molecule has 4 aliphatic heterocycles. The van der Waals surface area contributed by atoms with Crippen molar-refractivity contribution in [2.75, 3.05) is 32.7 Å². The highest BCUT2D eigenvalue weighted by atomic mass is 32.2. The number of ketones is 1. The minimum absolute atomic E-state index is 0.0349. The van der Waals surface area contributed by atoms with E-state index >= 15 is 0 Å². The molecule has 4 rings (SSSR count). The summed E-state index contributed by atoms with van der Waals surface area (Å²) < 4.78 is 0. The maximum Gasteiger partial charge on any atom is 0.353 e. The molecule has 3 saturated heterocycles. The molecular formula is C22H32N4O5S. The average molecular weight is 465 g/mol. The van der Waals surface area contributed by atoms with Crippen molar-refractivity contribution in [3.8, 4) is 0 Å². The topological polar surface area (TPSA) is 119 Å². The van der Waals surface area contributed by atoms with Crippen LogP contribution in [0.5, 0.6) is 0 Å². The number of hydrogen-bond acceptors (Lipinski definition) is 7. The van der Waals surface area contributed by atoms with Gasteiger partial charge in [0.15, 0.2) is 0 Å². The lowest BCUT2D eigenvalue weighted by atomic mass is 9.73. The van der Waals surface area contributed by atoms with E-state index in [4.69, 9.17) is 0 Å². The van der Waals surface area contributed by atoms with Crippen LogP contribution >= 0.6 is 11.8 Å². The lowest BCUT2D eigenvalue weighted by Gasteiger charge is -2.47. The molecule has 0 aromatic rings. The maximum atomic E-state index is 12.9. The second-order valence-electron chi connectivity index (χ2n) is 9.43. The average Bonchev–Trinajstić information content (AvgIpc) is 3.30. The summed E-state index contributed by atoms with van der Waals surface area (Å²) in [5.41, 5.74) is 0.0839. The van der Waals surface area contributed by atoms with Crippen LogP contribution in [-0.4, -0.2) is 88.5 Å². The molecule has 4 aliphatic rings. The molecule has 32 heavy (non-hydrogen) atoms. The Morgan fingerprint density at radius 1 is 1.25 bits per heavy atom. The lowest BCUT2D eigenvalue weighted by molar-refractivity contribution is -0.160. The number of β-lactam (4-membered cyclic amide) rings is 1. The van der Waals surface area contributed by atoms with Gasteiger partial charge in [0.05, 0.1) is 18.0 Å². The molecule has 4 heterocycles. The van der Waals surface area contributed by atoms with Gasteiger partial charge in [-0.25, -0.2) is 4.79 Å². The zero-order chi connectivity index (χ0) is 23.2. The maximum absolute atomic E-state index is 12.9. The first-order chi connectivity index (χ1) is 15.2. The molecule has 0 radical (unpaired) electrons. The Hall–Kier alpha value is -1.91. The van der Waals surface area contributed by atoms with E-state index in [1.165, 1.54) is 23.6 Å². The van der Waals surface area contributed by atoms with Crippen LogP contribution in [0.2, 0.25) is 0 Å². The van der Waals surface area contributed by atoms with Crippen molar-refractivity contribution < 1.29 is 24.3 Å².